The van der Waals surface area contributed by atoms with E-state index < -0.39 is 21.5 Å². The van der Waals surface area contributed by atoms with Gasteiger partial charge in [-0.25, -0.2) is 4.79 Å². The molecule has 0 fully saturated rings. The molecule has 1 aliphatic rings. The first-order valence-electron chi connectivity index (χ1n) is 4.87. The standard InChI is InChI=1S/C11H7Cl3O4/c1-6(15)17-10(11(12,13)14)8-5-3-2-4-7(8)9(16)18-10/h2-5H,1H3. The number of benzene rings is 1. The molecule has 1 atom stereocenters. The van der Waals surface area contributed by atoms with Crippen LogP contribution in [-0.2, 0) is 20.1 Å². The molecule has 1 aromatic carbocycles. The van der Waals surface area contributed by atoms with Crippen LogP contribution in [0.4, 0.5) is 0 Å². The zero-order chi connectivity index (χ0) is 13.6. The second-order valence-corrected chi connectivity index (χ2v) is 5.92. The number of alkyl halides is 3. The summed E-state index contributed by atoms with van der Waals surface area (Å²) >= 11 is 17.4. The molecule has 0 bridgehead atoms. The van der Waals surface area contributed by atoms with E-state index in [2.05, 4.69) is 0 Å². The van der Waals surface area contributed by atoms with Gasteiger partial charge in [0.1, 0.15) is 0 Å². The van der Waals surface area contributed by atoms with Crippen molar-refractivity contribution >= 4 is 46.7 Å². The highest BCUT2D eigenvalue weighted by Crippen LogP contribution is 2.52. The molecule has 0 saturated heterocycles. The zero-order valence-corrected chi connectivity index (χ0v) is 11.3. The maximum Gasteiger partial charge on any atom is 0.342 e. The normalized spacial score (nSPS) is 22.3. The molecule has 1 unspecified atom stereocenters. The second-order valence-electron chi connectivity index (χ2n) is 3.64. The Kier molecular flexibility index (Phi) is 3.21. The van der Waals surface area contributed by atoms with Gasteiger partial charge in [0.2, 0.25) is 0 Å². The fourth-order valence-electron chi connectivity index (χ4n) is 1.74. The van der Waals surface area contributed by atoms with Crippen molar-refractivity contribution in [1.29, 1.82) is 0 Å². The van der Waals surface area contributed by atoms with Crippen LogP contribution in [0.3, 0.4) is 0 Å². The predicted molar refractivity (Wildman–Crippen MR) is 65.6 cm³/mol. The summed E-state index contributed by atoms with van der Waals surface area (Å²) in [6.07, 6.45) is 0. The van der Waals surface area contributed by atoms with E-state index in [1.807, 2.05) is 0 Å². The van der Waals surface area contributed by atoms with Crippen LogP contribution in [0, 0.1) is 0 Å². The molecule has 0 radical (unpaired) electrons. The van der Waals surface area contributed by atoms with Gasteiger partial charge in [-0.3, -0.25) is 4.79 Å². The van der Waals surface area contributed by atoms with Gasteiger partial charge < -0.3 is 9.47 Å². The number of hydrogen-bond acceptors (Lipinski definition) is 4. The molecule has 96 valence electrons. The Morgan fingerprint density at radius 1 is 1.33 bits per heavy atom. The minimum atomic E-state index is -2.14. The van der Waals surface area contributed by atoms with Crippen LogP contribution in [0.1, 0.15) is 22.8 Å². The molecule has 0 saturated carbocycles. The highest BCUT2D eigenvalue weighted by atomic mass is 35.6. The summed E-state index contributed by atoms with van der Waals surface area (Å²) in [5.41, 5.74) is 0.412. The minimum Gasteiger partial charge on any atom is -0.414 e. The lowest BCUT2D eigenvalue weighted by atomic mass is 10.0. The third-order valence-corrected chi connectivity index (χ3v) is 3.15. The highest BCUT2D eigenvalue weighted by Gasteiger charge is 2.62. The molecule has 18 heavy (non-hydrogen) atoms. The summed E-state index contributed by atoms with van der Waals surface area (Å²) in [7, 11) is 0. The van der Waals surface area contributed by atoms with Crippen molar-refractivity contribution in [2.24, 2.45) is 0 Å². The first kappa shape index (κ1) is 13.5. The number of carbonyl (C=O) groups is 2. The fourth-order valence-corrected chi connectivity index (χ4v) is 2.27. The molecule has 0 aliphatic carbocycles. The van der Waals surface area contributed by atoms with Crippen molar-refractivity contribution in [3.8, 4) is 0 Å². The average molecular weight is 310 g/mol. The SMILES string of the molecule is CC(=O)OC1(C(Cl)(Cl)Cl)OC(=O)c2ccccc21. The smallest absolute Gasteiger partial charge is 0.342 e. The summed E-state index contributed by atoms with van der Waals surface area (Å²) in [4.78, 5) is 22.9. The molecule has 0 amide bonds. The van der Waals surface area contributed by atoms with Crippen molar-refractivity contribution in [1.82, 2.24) is 0 Å². The molecule has 1 heterocycles. The lowest BCUT2D eigenvalue weighted by Crippen LogP contribution is -2.44. The Morgan fingerprint density at radius 2 is 1.94 bits per heavy atom. The van der Waals surface area contributed by atoms with Crippen LogP contribution in [-0.4, -0.2) is 15.7 Å². The molecule has 0 N–H and O–H groups in total. The van der Waals surface area contributed by atoms with Crippen LogP contribution in [0.2, 0.25) is 0 Å². The fraction of sp³-hybridized carbons (Fsp3) is 0.273. The summed E-state index contributed by atoms with van der Waals surface area (Å²) in [6.45, 7) is 1.13. The summed E-state index contributed by atoms with van der Waals surface area (Å²) in [6, 6.07) is 6.25. The number of rotatable bonds is 1. The van der Waals surface area contributed by atoms with E-state index in [0.717, 1.165) is 6.92 Å². The van der Waals surface area contributed by atoms with Gasteiger partial charge in [0.25, 0.3) is 3.79 Å². The summed E-state index contributed by atoms with van der Waals surface area (Å²) < 4.78 is 7.86. The van der Waals surface area contributed by atoms with Crippen LogP contribution >= 0.6 is 34.8 Å². The third-order valence-electron chi connectivity index (χ3n) is 2.40. The van der Waals surface area contributed by atoms with Gasteiger partial charge >= 0.3 is 17.7 Å². The van der Waals surface area contributed by atoms with Gasteiger partial charge in [0, 0.05) is 6.92 Å². The molecule has 0 aromatic heterocycles. The van der Waals surface area contributed by atoms with E-state index in [9.17, 15) is 9.59 Å². The molecule has 2 rings (SSSR count). The van der Waals surface area contributed by atoms with Crippen molar-refractivity contribution < 1.29 is 19.1 Å². The lowest BCUT2D eigenvalue weighted by molar-refractivity contribution is -0.206. The second kappa shape index (κ2) is 4.30. The molecular weight excluding hydrogens is 302 g/mol. The van der Waals surface area contributed by atoms with Crippen LogP contribution < -0.4 is 0 Å². The third kappa shape index (κ3) is 1.94. The first-order chi connectivity index (χ1) is 8.28. The molecular formula is C11H7Cl3O4. The van der Waals surface area contributed by atoms with Crippen LogP contribution in [0.5, 0.6) is 0 Å². The molecule has 7 heteroatoms. The van der Waals surface area contributed by atoms with E-state index in [-0.39, 0.29) is 11.1 Å². The van der Waals surface area contributed by atoms with Crippen LogP contribution in [0.15, 0.2) is 24.3 Å². The summed E-state index contributed by atoms with van der Waals surface area (Å²) in [5.74, 6) is -3.49. The predicted octanol–water partition coefficient (Wildman–Crippen LogP) is 2.94. The number of hydrogen-bond donors (Lipinski definition) is 0. The van der Waals surface area contributed by atoms with E-state index >= 15 is 0 Å². The maximum atomic E-state index is 11.7. The topological polar surface area (TPSA) is 52.6 Å². The van der Waals surface area contributed by atoms with Crippen molar-refractivity contribution in [2.75, 3.05) is 0 Å². The van der Waals surface area contributed by atoms with Gasteiger partial charge in [-0.05, 0) is 6.07 Å². The Labute approximate surface area is 118 Å². The Morgan fingerprint density at radius 3 is 2.50 bits per heavy atom. The average Bonchev–Trinajstić information content (AvgIpc) is 2.53. The molecule has 1 aliphatic heterocycles. The largest absolute Gasteiger partial charge is 0.414 e. The molecule has 0 spiro atoms. The first-order valence-corrected chi connectivity index (χ1v) is 6.00. The number of fused-ring (bicyclic) bond motifs is 1. The van der Waals surface area contributed by atoms with E-state index in [1.165, 1.54) is 12.1 Å². The van der Waals surface area contributed by atoms with Crippen molar-refractivity contribution in [2.45, 2.75) is 16.5 Å². The highest BCUT2D eigenvalue weighted by molar-refractivity contribution is 6.68. The van der Waals surface area contributed by atoms with Gasteiger partial charge in [0.15, 0.2) is 0 Å². The van der Waals surface area contributed by atoms with E-state index in [4.69, 9.17) is 44.3 Å². The van der Waals surface area contributed by atoms with Crippen molar-refractivity contribution in [3.63, 3.8) is 0 Å². The Bertz CT molecular complexity index is 519. The number of halogens is 3. The molecule has 1 aromatic rings. The maximum absolute atomic E-state index is 11.7. The monoisotopic (exact) mass is 308 g/mol. The number of carbonyl (C=O) groups excluding carboxylic acids is 2. The lowest BCUT2D eigenvalue weighted by Gasteiger charge is -2.33. The van der Waals surface area contributed by atoms with Gasteiger partial charge in [-0.15, -0.1) is 0 Å². The van der Waals surface area contributed by atoms with E-state index in [0.29, 0.717) is 0 Å². The molecule has 4 nitrogen and oxygen atoms in total. The number of ether oxygens (including phenoxy) is 2. The Balaban J connectivity index is 2.64. The number of cyclic esters (lactones) is 1. The minimum absolute atomic E-state index is 0.199. The quantitative estimate of drug-likeness (QED) is 0.591. The van der Waals surface area contributed by atoms with Crippen LogP contribution in [0.25, 0.3) is 0 Å². The van der Waals surface area contributed by atoms with Gasteiger partial charge in [-0.2, -0.15) is 0 Å². The zero-order valence-electron chi connectivity index (χ0n) is 9.08. The summed E-state index contributed by atoms with van der Waals surface area (Å²) in [5, 5.41) is 0. The number of esters is 2. The van der Waals surface area contributed by atoms with Crippen molar-refractivity contribution in [3.05, 3.63) is 35.4 Å². The van der Waals surface area contributed by atoms with Gasteiger partial charge in [-0.1, -0.05) is 53.0 Å². The Hall–Kier alpha value is -0.970. The van der Waals surface area contributed by atoms with E-state index in [1.54, 1.807) is 12.1 Å². The van der Waals surface area contributed by atoms with Gasteiger partial charge in [0.05, 0.1) is 11.1 Å².